The molecule has 10 heteroatoms. The van der Waals surface area contributed by atoms with E-state index in [1.807, 2.05) is 6.07 Å². The molecule has 202 valence electrons. The van der Waals surface area contributed by atoms with Crippen molar-refractivity contribution in [3.63, 3.8) is 0 Å². The van der Waals surface area contributed by atoms with E-state index >= 15 is 0 Å². The molecule has 1 aliphatic heterocycles. The smallest absolute Gasteiger partial charge is 0.411 e. The maximum atomic E-state index is 15.0. The minimum absolute atomic E-state index is 0.00281. The van der Waals surface area contributed by atoms with Crippen LogP contribution in [-0.2, 0) is 25.8 Å². The van der Waals surface area contributed by atoms with E-state index in [0.29, 0.717) is 11.1 Å². The molecule has 0 aromatic heterocycles. The first-order valence-electron chi connectivity index (χ1n) is 12.6. The Bertz CT molecular complexity index is 1380. The second-order valence-electron chi connectivity index (χ2n) is 11.1. The van der Waals surface area contributed by atoms with E-state index < -0.39 is 45.3 Å². The molecule has 2 aromatic rings. The molecule has 1 N–H and O–H groups in total. The molecule has 1 saturated carbocycles. The number of nitrogens with zero attached hydrogens (tertiary/aromatic N) is 2. The van der Waals surface area contributed by atoms with E-state index in [0.717, 1.165) is 25.5 Å². The number of sulfone groups is 1. The third-order valence-electron chi connectivity index (χ3n) is 7.02. The first-order valence-corrected chi connectivity index (χ1v) is 14.5. The molecule has 1 saturated heterocycles. The molecule has 4 unspecified atom stereocenters. The number of benzene rings is 2. The van der Waals surface area contributed by atoms with Gasteiger partial charge in [0.25, 0.3) is 0 Å². The van der Waals surface area contributed by atoms with Gasteiger partial charge in [-0.3, -0.25) is 9.69 Å². The zero-order chi connectivity index (χ0) is 27.8. The largest absolute Gasteiger partial charge is 0.444 e. The number of carbonyl (C=O) groups excluding carboxylic acids is 2. The average molecular weight is 542 g/mol. The Morgan fingerprint density at radius 1 is 1.16 bits per heavy atom. The van der Waals surface area contributed by atoms with Gasteiger partial charge < -0.3 is 10.1 Å². The van der Waals surface area contributed by atoms with Gasteiger partial charge in [-0.05, 0) is 80.8 Å². The second-order valence-corrected chi connectivity index (χ2v) is 13.1. The fourth-order valence-electron chi connectivity index (χ4n) is 5.30. The lowest BCUT2D eigenvalue weighted by Crippen LogP contribution is -2.55. The lowest BCUT2D eigenvalue weighted by atomic mass is 9.97. The first-order chi connectivity index (χ1) is 17.8. The Labute approximate surface area is 222 Å². The summed E-state index contributed by atoms with van der Waals surface area (Å²) in [4.78, 5) is 27.8. The number of carbonyl (C=O) groups is 2. The average Bonchev–Trinajstić information content (AvgIpc) is 3.45. The molecule has 2 bridgehead atoms. The zero-order valence-corrected chi connectivity index (χ0v) is 22.7. The number of amides is 2. The van der Waals surface area contributed by atoms with Gasteiger partial charge in [0.1, 0.15) is 23.5 Å². The van der Waals surface area contributed by atoms with E-state index in [1.54, 1.807) is 45.0 Å². The normalized spacial score (nSPS) is 21.6. The molecule has 8 nitrogen and oxygen atoms in total. The highest BCUT2D eigenvalue weighted by Gasteiger charge is 2.52. The van der Waals surface area contributed by atoms with Crippen LogP contribution in [-0.4, -0.2) is 55.3 Å². The predicted molar refractivity (Wildman–Crippen MR) is 139 cm³/mol. The lowest BCUT2D eigenvalue weighted by molar-refractivity contribution is -0.128. The summed E-state index contributed by atoms with van der Waals surface area (Å²) >= 11 is 0. The lowest BCUT2D eigenvalue weighted by Gasteiger charge is -2.35. The molecule has 2 aliphatic rings. The van der Waals surface area contributed by atoms with Gasteiger partial charge in [0.05, 0.1) is 11.0 Å². The number of hydrogen-bond donors (Lipinski definition) is 1. The highest BCUT2D eigenvalue weighted by molar-refractivity contribution is 7.90. The van der Waals surface area contributed by atoms with Crippen molar-refractivity contribution < 1.29 is 27.1 Å². The summed E-state index contributed by atoms with van der Waals surface area (Å²) in [6.45, 7) is 5.31. The van der Waals surface area contributed by atoms with Crippen molar-refractivity contribution in [3.05, 3.63) is 53.8 Å². The highest BCUT2D eigenvalue weighted by atomic mass is 32.2. The molecule has 0 spiro atoms. The van der Waals surface area contributed by atoms with Crippen LogP contribution in [0.1, 0.15) is 45.6 Å². The van der Waals surface area contributed by atoms with Crippen LogP contribution < -0.4 is 5.32 Å². The molecule has 0 radical (unpaired) electrons. The number of rotatable bonds is 6. The Morgan fingerprint density at radius 2 is 1.82 bits per heavy atom. The molecule has 2 aromatic carbocycles. The van der Waals surface area contributed by atoms with E-state index in [-0.39, 0.29) is 28.8 Å². The van der Waals surface area contributed by atoms with Gasteiger partial charge in [0.15, 0.2) is 9.84 Å². The summed E-state index contributed by atoms with van der Waals surface area (Å²) in [5.74, 6) is -0.978. The van der Waals surface area contributed by atoms with Crippen molar-refractivity contribution in [2.24, 2.45) is 5.92 Å². The minimum atomic E-state index is -3.34. The molecule has 4 rings (SSSR count). The maximum Gasteiger partial charge on any atom is 0.411 e. The van der Waals surface area contributed by atoms with Gasteiger partial charge in [0.2, 0.25) is 5.91 Å². The Hall–Kier alpha value is -3.45. The molecule has 38 heavy (non-hydrogen) atoms. The van der Waals surface area contributed by atoms with Crippen LogP contribution in [0.3, 0.4) is 0 Å². The molecule has 4 atom stereocenters. The third-order valence-corrected chi connectivity index (χ3v) is 8.15. The van der Waals surface area contributed by atoms with Crippen LogP contribution in [0.5, 0.6) is 0 Å². The second kappa shape index (κ2) is 10.4. The zero-order valence-electron chi connectivity index (χ0n) is 21.9. The van der Waals surface area contributed by atoms with Gasteiger partial charge in [-0.15, -0.1) is 0 Å². The molecular formula is C28H32FN3O5S. The maximum absolute atomic E-state index is 15.0. The SMILES string of the molecule is CC(C)(C)OC(=O)N1C2CCC(C2)C1C(=O)NC(C#N)Cc1ccc(-c2ccc(S(C)(=O)=O)cc2)cc1F. The number of hydrogen-bond acceptors (Lipinski definition) is 6. The molecular weight excluding hydrogens is 509 g/mol. The van der Waals surface area contributed by atoms with Crippen molar-refractivity contribution in [2.75, 3.05) is 6.26 Å². The van der Waals surface area contributed by atoms with Gasteiger partial charge >= 0.3 is 6.09 Å². The van der Waals surface area contributed by atoms with Crippen LogP contribution in [0.2, 0.25) is 0 Å². The fraction of sp³-hybridized carbons (Fsp3) is 0.464. The summed E-state index contributed by atoms with van der Waals surface area (Å²) in [7, 11) is -3.34. The van der Waals surface area contributed by atoms with E-state index in [2.05, 4.69) is 5.32 Å². The number of fused-ring (bicyclic) bond motifs is 2. The van der Waals surface area contributed by atoms with E-state index in [4.69, 9.17) is 4.74 Å². The number of halogens is 1. The van der Waals surface area contributed by atoms with Crippen molar-refractivity contribution in [1.82, 2.24) is 10.2 Å². The van der Waals surface area contributed by atoms with Crippen molar-refractivity contribution in [1.29, 1.82) is 5.26 Å². The topological polar surface area (TPSA) is 117 Å². The molecule has 1 heterocycles. The molecule has 2 amide bonds. The van der Waals surface area contributed by atoms with Crippen LogP contribution in [0, 0.1) is 23.1 Å². The molecule has 2 fully saturated rings. The summed E-state index contributed by atoms with van der Waals surface area (Å²) in [5.41, 5.74) is 0.754. The Morgan fingerprint density at radius 3 is 2.39 bits per heavy atom. The predicted octanol–water partition coefficient (Wildman–Crippen LogP) is 4.24. The number of likely N-dealkylation sites (tertiary alicyclic amines) is 1. The van der Waals surface area contributed by atoms with Gasteiger partial charge in [-0.2, -0.15) is 5.26 Å². The summed E-state index contributed by atoms with van der Waals surface area (Å²) < 4.78 is 43.9. The quantitative estimate of drug-likeness (QED) is 0.585. The van der Waals surface area contributed by atoms with Gasteiger partial charge in [0, 0.05) is 18.7 Å². The number of nitriles is 1. The van der Waals surface area contributed by atoms with Crippen LogP contribution in [0.15, 0.2) is 47.4 Å². The van der Waals surface area contributed by atoms with Crippen LogP contribution >= 0.6 is 0 Å². The van der Waals surface area contributed by atoms with Crippen LogP contribution in [0.25, 0.3) is 11.1 Å². The number of piperidine rings is 1. The number of ether oxygens (including phenoxy) is 1. The summed E-state index contributed by atoms with van der Waals surface area (Å²) in [5, 5.41) is 12.4. The minimum Gasteiger partial charge on any atom is -0.444 e. The van der Waals surface area contributed by atoms with Crippen molar-refractivity contribution in [3.8, 4) is 17.2 Å². The van der Waals surface area contributed by atoms with E-state index in [9.17, 15) is 27.7 Å². The summed E-state index contributed by atoms with van der Waals surface area (Å²) in [6.07, 6.45) is 2.88. The van der Waals surface area contributed by atoms with Gasteiger partial charge in [-0.1, -0.05) is 24.3 Å². The first kappa shape index (κ1) is 27.6. The van der Waals surface area contributed by atoms with Crippen LogP contribution in [0.4, 0.5) is 9.18 Å². The van der Waals surface area contributed by atoms with Crippen molar-refractivity contribution in [2.45, 2.75) is 75.1 Å². The molecule has 1 aliphatic carbocycles. The van der Waals surface area contributed by atoms with E-state index in [1.165, 1.54) is 23.1 Å². The Kier molecular flexibility index (Phi) is 7.53. The van der Waals surface area contributed by atoms with Gasteiger partial charge in [-0.25, -0.2) is 17.6 Å². The monoisotopic (exact) mass is 541 g/mol. The fourth-order valence-corrected chi connectivity index (χ4v) is 5.93. The van der Waals surface area contributed by atoms with Crippen molar-refractivity contribution >= 4 is 21.8 Å². The highest BCUT2D eigenvalue weighted by Crippen LogP contribution is 2.43. The Balaban J connectivity index is 1.45. The third kappa shape index (κ3) is 5.99. The summed E-state index contributed by atoms with van der Waals surface area (Å²) in [6, 6.07) is 11.0. The standard InChI is InChI=1S/C28H32FN3O5S/c1-28(2,3)37-27(34)32-22-10-7-20(14-22)25(32)26(33)31-21(16-30)13-19-6-5-18(15-24(19)29)17-8-11-23(12-9-17)38(4,35)36/h5-6,8-9,11-12,15,20-22,25H,7,10,13-14H2,1-4H3,(H,31,33). The number of nitrogens with one attached hydrogen (secondary N) is 1.